The summed E-state index contributed by atoms with van der Waals surface area (Å²) in [7, 11) is 1.74. The van der Waals surface area contributed by atoms with Crippen LogP contribution in [0.3, 0.4) is 0 Å². The highest BCUT2D eigenvalue weighted by molar-refractivity contribution is 6.36. The number of aliphatic imine (C=N–C) groups is 1. The quantitative estimate of drug-likeness (QED) is 0.589. The molecule has 0 spiro atoms. The van der Waals surface area contributed by atoms with Gasteiger partial charge >= 0.3 is 0 Å². The minimum atomic E-state index is 0.0346. The standard InChI is InChI=1S/C19H28Cl2N4O/c1-12(2)18(26)25-9-8-14(11-25)24-19(22-4)23-10-13(3)17-15(20)6-5-7-16(17)21/h5-7,12-14H,8-11H2,1-4H3,(H2,22,23,24). The van der Waals surface area contributed by atoms with E-state index in [1.54, 1.807) is 7.05 Å². The second-order valence-electron chi connectivity index (χ2n) is 7.06. The molecule has 2 N–H and O–H groups in total. The van der Waals surface area contributed by atoms with Crippen LogP contribution >= 0.6 is 23.2 Å². The molecule has 0 saturated carbocycles. The summed E-state index contributed by atoms with van der Waals surface area (Å²) in [6.45, 7) is 8.10. The number of hydrogen-bond donors (Lipinski definition) is 2. The molecule has 2 atom stereocenters. The van der Waals surface area contributed by atoms with E-state index in [4.69, 9.17) is 23.2 Å². The first-order valence-corrected chi connectivity index (χ1v) is 9.79. The van der Waals surface area contributed by atoms with Crippen LogP contribution in [0.15, 0.2) is 23.2 Å². The third kappa shape index (κ3) is 5.27. The number of hydrogen-bond acceptors (Lipinski definition) is 2. The Kier molecular flexibility index (Phi) is 7.59. The first kappa shape index (κ1) is 20.8. The molecule has 0 aliphatic carbocycles. The van der Waals surface area contributed by atoms with Crippen molar-refractivity contribution in [3.8, 4) is 0 Å². The molecule has 144 valence electrons. The van der Waals surface area contributed by atoms with Gasteiger partial charge in [-0.15, -0.1) is 0 Å². The highest BCUT2D eigenvalue weighted by Gasteiger charge is 2.28. The van der Waals surface area contributed by atoms with Crippen molar-refractivity contribution in [3.05, 3.63) is 33.8 Å². The Morgan fingerprint density at radius 2 is 1.96 bits per heavy atom. The van der Waals surface area contributed by atoms with Crippen LogP contribution in [0.5, 0.6) is 0 Å². The van der Waals surface area contributed by atoms with Crippen LogP contribution < -0.4 is 10.6 Å². The zero-order valence-corrected chi connectivity index (χ0v) is 17.4. The molecule has 1 saturated heterocycles. The number of benzene rings is 1. The first-order chi connectivity index (χ1) is 12.3. The average molecular weight is 399 g/mol. The summed E-state index contributed by atoms with van der Waals surface area (Å²) < 4.78 is 0. The summed E-state index contributed by atoms with van der Waals surface area (Å²) >= 11 is 12.6. The minimum Gasteiger partial charge on any atom is -0.356 e. The van der Waals surface area contributed by atoms with E-state index in [1.165, 1.54) is 0 Å². The largest absolute Gasteiger partial charge is 0.356 e. The fourth-order valence-corrected chi connectivity index (χ4v) is 3.93. The number of nitrogens with one attached hydrogen (secondary N) is 2. The maximum Gasteiger partial charge on any atom is 0.225 e. The van der Waals surface area contributed by atoms with Gasteiger partial charge in [0.05, 0.1) is 0 Å². The molecule has 2 unspecified atom stereocenters. The molecule has 7 heteroatoms. The highest BCUT2D eigenvalue weighted by atomic mass is 35.5. The zero-order chi connectivity index (χ0) is 19.3. The third-order valence-electron chi connectivity index (χ3n) is 4.63. The van der Waals surface area contributed by atoms with E-state index in [0.717, 1.165) is 24.5 Å². The van der Waals surface area contributed by atoms with E-state index in [0.29, 0.717) is 23.1 Å². The number of amides is 1. The molecule has 1 aliphatic rings. The van der Waals surface area contributed by atoms with Crippen LogP contribution in [0.1, 0.15) is 38.7 Å². The van der Waals surface area contributed by atoms with Crippen LogP contribution in [0.2, 0.25) is 10.0 Å². The maximum absolute atomic E-state index is 12.1. The number of likely N-dealkylation sites (tertiary alicyclic amines) is 1. The van der Waals surface area contributed by atoms with Crippen LogP contribution in [0, 0.1) is 5.92 Å². The van der Waals surface area contributed by atoms with Gasteiger partial charge in [-0.3, -0.25) is 9.79 Å². The Hall–Kier alpha value is -1.46. The third-order valence-corrected chi connectivity index (χ3v) is 5.29. The lowest BCUT2D eigenvalue weighted by atomic mass is 10.0. The van der Waals surface area contributed by atoms with Gasteiger partial charge in [-0.05, 0) is 24.1 Å². The van der Waals surface area contributed by atoms with Gasteiger partial charge in [0.2, 0.25) is 5.91 Å². The molecule has 2 rings (SSSR count). The molecule has 0 bridgehead atoms. The van der Waals surface area contributed by atoms with E-state index in [9.17, 15) is 4.79 Å². The maximum atomic E-state index is 12.1. The minimum absolute atomic E-state index is 0.0346. The fourth-order valence-electron chi connectivity index (χ4n) is 3.16. The molecule has 1 aliphatic heterocycles. The van der Waals surface area contributed by atoms with Crippen molar-refractivity contribution in [1.29, 1.82) is 0 Å². The van der Waals surface area contributed by atoms with Crippen LogP contribution in [0.25, 0.3) is 0 Å². The number of carbonyl (C=O) groups excluding carboxylic acids is 1. The van der Waals surface area contributed by atoms with Gasteiger partial charge in [-0.25, -0.2) is 0 Å². The van der Waals surface area contributed by atoms with E-state index in [1.807, 2.05) is 36.9 Å². The summed E-state index contributed by atoms with van der Waals surface area (Å²) in [6.07, 6.45) is 0.922. The summed E-state index contributed by atoms with van der Waals surface area (Å²) in [4.78, 5) is 18.3. The molecule has 5 nitrogen and oxygen atoms in total. The Morgan fingerprint density at radius 1 is 1.31 bits per heavy atom. The van der Waals surface area contributed by atoms with Crippen molar-refractivity contribution < 1.29 is 4.79 Å². The molecule has 1 aromatic carbocycles. The Balaban J connectivity index is 1.88. The monoisotopic (exact) mass is 398 g/mol. The summed E-state index contributed by atoms with van der Waals surface area (Å²) in [5.74, 6) is 1.10. The normalized spacial score (nSPS) is 19.0. The zero-order valence-electron chi connectivity index (χ0n) is 15.9. The Morgan fingerprint density at radius 3 is 2.54 bits per heavy atom. The number of rotatable bonds is 5. The van der Waals surface area contributed by atoms with Crippen LogP contribution in [0.4, 0.5) is 0 Å². The molecule has 1 amide bonds. The van der Waals surface area contributed by atoms with Gasteiger partial charge in [0.1, 0.15) is 0 Å². The van der Waals surface area contributed by atoms with Gasteiger partial charge in [0.25, 0.3) is 0 Å². The van der Waals surface area contributed by atoms with Gasteiger partial charge in [-0.1, -0.05) is 50.0 Å². The van der Waals surface area contributed by atoms with E-state index in [2.05, 4.69) is 22.5 Å². The van der Waals surface area contributed by atoms with Crippen molar-refractivity contribution >= 4 is 35.1 Å². The molecule has 1 fully saturated rings. The molecule has 0 radical (unpaired) electrons. The van der Waals surface area contributed by atoms with Crippen LogP contribution in [-0.2, 0) is 4.79 Å². The van der Waals surface area contributed by atoms with E-state index in [-0.39, 0.29) is 23.8 Å². The fraction of sp³-hybridized carbons (Fsp3) is 0.579. The number of guanidine groups is 1. The molecule has 26 heavy (non-hydrogen) atoms. The van der Waals surface area contributed by atoms with Gasteiger partial charge < -0.3 is 15.5 Å². The predicted molar refractivity (Wildman–Crippen MR) is 109 cm³/mol. The number of nitrogens with zero attached hydrogens (tertiary/aromatic N) is 2. The molecule has 1 heterocycles. The van der Waals surface area contributed by atoms with E-state index < -0.39 is 0 Å². The SMILES string of the molecule is CN=C(NCC(C)c1c(Cl)cccc1Cl)NC1CCN(C(=O)C(C)C)C1. The van der Waals surface area contributed by atoms with Gasteiger partial charge in [-0.2, -0.15) is 0 Å². The second kappa shape index (κ2) is 9.47. The molecular weight excluding hydrogens is 371 g/mol. The predicted octanol–water partition coefficient (Wildman–Crippen LogP) is 3.52. The number of carbonyl (C=O) groups is 1. The lowest BCUT2D eigenvalue weighted by Gasteiger charge is -2.22. The summed E-state index contributed by atoms with van der Waals surface area (Å²) in [6, 6.07) is 5.76. The molecule has 0 aromatic heterocycles. The van der Waals surface area contributed by atoms with Gasteiger partial charge in [0.15, 0.2) is 5.96 Å². The van der Waals surface area contributed by atoms with Gasteiger partial charge in [0, 0.05) is 54.6 Å². The van der Waals surface area contributed by atoms with Crippen molar-refractivity contribution in [2.75, 3.05) is 26.7 Å². The molecular formula is C19H28Cl2N4O. The number of halogens is 2. The lowest BCUT2D eigenvalue weighted by molar-refractivity contribution is -0.133. The van der Waals surface area contributed by atoms with E-state index >= 15 is 0 Å². The highest BCUT2D eigenvalue weighted by Crippen LogP contribution is 2.30. The Labute approximate surface area is 166 Å². The summed E-state index contributed by atoms with van der Waals surface area (Å²) in [5.41, 5.74) is 0.938. The summed E-state index contributed by atoms with van der Waals surface area (Å²) in [5, 5.41) is 8.09. The topological polar surface area (TPSA) is 56.7 Å². The smallest absolute Gasteiger partial charge is 0.225 e. The Bertz CT molecular complexity index is 643. The van der Waals surface area contributed by atoms with Crippen molar-refractivity contribution in [2.45, 2.75) is 39.2 Å². The van der Waals surface area contributed by atoms with Crippen molar-refractivity contribution in [2.24, 2.45) is 10.9 Å². The van der Waals surface area contributed by atoms with Crippen molar-refractivity contribution in [3.63, 3.8) is 0 Å². The lowest BCUT2D eigenvalue weighted by Crippen LogP contribution is -2.46. The molecule has 1 aromatic rings. The first-order valence-electron chi connectivity index (χ1n) is 9.03. The van der Waals surface area contributed by atoms with Crippen LogP contribution in [-0.4, -0.2) is 49.5 Å². The average Bonchev–Trinajstić information content (AvgIpc) is 3.06. The van der Waals surface area contributed by atoms with Crippen molar-refractivity contribution in [1.82, 2.24) is 15.5 Å². The second-order valence-corrected chi connectivity index (χ2v) is 7.87.